The topological polar surface area (TPSA) is 189 Å². The second-order valence-electron chi connectivity index (χ2n) is 12.0. The maximum atomic E-state index is 13.5. The third kappa shape index (κ3) is 9.23. The molecule has 6 aromatic carbocycles. The summed E-state index contributed by atoms with van der Waals surface area (Å²) in [6.07, 6.45) is 0. The Morgan fingerprint density at radius 3 is 1.62 bits per heavy atom. The molecule has 0 aliphatic heterocycles. The van der Waals surface area contributed by atoms with Gasteiger partial charge < -0.3 is 14.2 Å². The summed E-state index contributed by atoms with van der Waals surface area (Å²) >= 11 is 0.516. The minimum absolute atomic E-state index is 0.0445. The zero-order valence-electron chi connectivity index (χ0n) is 29.4. The molecule has 0 aliphatic carbocycles. The highest BCUT2D eigenvalue weighted by Gasteiger charge is 2.25. The van der Waals surface area contributed by atoms with Gasteiger partial charge >= 0.3 is 0 Å². The van der Waals surface area contributed by atoms with Gasteiger partial charge in [0.2, 0.25) is 19.7 Å². The molecule has 0 fully saturated rings. The Bertz CT molecular complexity index is 2670. The number of sulfone groups is 2. The molecule has 0 atom stereocenters. The van der Waals surface area contributed by atoms with Gasteiger partial charge in [-0.1, -0.05) is 53.1 Å². The minimum Gasteiger partial charge on any atom is -0.495 e. The Labute approximate surface area is 327 Å². The summed E-state index contributed by atoms with van der Waals surface area (Å²) in [6, 6.07) is 34.5. The average molecular weight is 837 g/mol. The lowest BCUT2D eigenvalue weighted by Crippen LogP contribution is -2.07. The van der Waals surface area contributed by atoms with Gasteiger partial charge in [0.25, 0.3) is 10.1 Å². The number of hydrogen-bond donors (Lipinski definition) is 2. The molecule has 56 heavy (non-hydrogen) atoms. The number of benzene rings is 6. The van der Waals surface area contributed by atoms with E-state index in [0.29, 0.717) is 34.9 Å². The number of rotatable bonds is 15. The van der Waals surface area contributed by atoms with Crippen LogP contribution >= 0.6 is 12.0 Å². The van der Waals surface area contributed by atoms with Crippen LogP contribution in [0.4, 0.5) is 0 Å². The first-order valence-electron chi connectivity index (χ1n) is 16.3. The van der Waals surface area contributed by atoms with Crippen molar-refractivity contribution in [1.82, 2.24) is 0 Å². The Morgan fingerprint density at radius 2 is 1.07 bits per heavy atom. The quantitative estimate of drug-likeness (QED) is 0.0434. The van der Waals surface area contributed by atoms with Crippen LogP contribution in [0.1, 0.15) is 11.1 Å². The number of hydrogen-bond acceptors (Lipinski definition) is 13. The van der Waals surface area contributed by atoms with Crippen LogP contribution in [-0.4, -0.2) is 42.2 Å². The molecule has 0 spiro atoms. The van der Waals surface area contributed by atoms with E-state index in [4.69, 9.17) is 19.5 Å². The van der Waals surface area contributed by atoms with Crippen molar-refractivity contribution >= 4 is 41.8 Å². The smallest absolute Gasteiger partial charge is 0.298 e. The van der Waals surface area contributed by atoms with E-state index in [1.54, 1.807) is 60.7 Å². The predicted molar refractivity (Wildman–Crippen MR) is 205 cm³/mol. The lowest BCUT2D eigenvalue weighted by atomic mass is 10.1. The van der Waals surface area contributed by atoms with Gasteiger partial charge in [-0.3, -0.25) is 4.55 Å². The average Bonchev–Trinajstić information content (AvgIpc) is 3.19. The second kappa shape index (κ2) is 16.9. The molecule has 0 aromatic heterocycles. The van der Waals surface area contributed by atoms with Crippen molar-refractivity contribution in [1.29, 1.82) is 0 Å². The molecule has 13 nitrogen and oxygen atoms in total. The van der Waals surface area contributed by atoms with Gasteiger partial charge in [-0.2, -0.15) is 8.42 Å². The van der Waals surface area contributed by atoms with Crippen LogP contribution < -0.4 is 14.2 Å². The zero-order chi connectivity index (χ0) is 40.1. The second-order valence-corrected chi connectivity index (χ2v) is 18.0. The Hall–Kier alpha value is -5.24. The summed E-state index contributed by atoms with van der Waals surface area (Å²) in [7, 11) is -11.6. The van der Waals surface area contributed by atoms with Crippen LogP contribution in [0.3, 0.4) is 0 Å². The first-order chi connectivity index (χ1) is 26.7. The van der Waals surface area contributed by atoms with Gasteiger partial charge in [-0.25, -0.2) is 22.1 Å². The van der Waals surface area contributed by atoms with E-state index in [1.165, 1.54) is 37.4 Å². The SMILES string of the molecule is COc1ccc(S(=O)(=O)c2ccc(COc3ccc(-c4ccc(Oc5ccc(S(=O)(=O)c6ccc(C)cc6)cc5)cc4)cc3)c(SOOO)c2)cc1S(=O)(=O)O. The molecule has 0 radical (unpaired) electrons. The summed E-state index contributed by atoms with van der Waals surface area (Å²) in [5.74, 6) is 1.28. The highest BCUT2D eigenvalue weighted by molar-refractivity contribution is 7.94. The predicted octanol–water partition coefficient (Wildman–Crippen LogP) is 8.38. The van der Waals surface area contributed by atoms with Crippen LogP contribution in [0.25, 0.3) is 11.1 Å². The maximum absolute atomic E-state index is 13.5. The monoisotopic (exact) mass is 836 g/mol. The van der Waals surface area contributed by atoms with E-state index in [1.807, 2.05) is 31.2 Å². The molecule has 0 heterocycles. The molecule has 0 amide bonds. The van der Waals surface area contributed by atoms with Crippen molar-refractivity contribution < 1.29 is 58.6 Å². The fraction of sp³-hybridized carbons (Fsp3) is 0.0769. The van der Waals surface area contributed by atoms with Crippen molar-refractivity contribution in [3.8, 4) is 34.1 Å². The Balaban J connectivity index is 1.11. The third-order valence-electron chi connectivity index (χ3n) is 8.36. The zero-order valence-corrected chi connectivity index (χ0v) is 32.7. The normalized spacial score (nSPS) is 11.9. The lowest BCUT2D eigenvalue weighted by Gasteiger charge is -2.13. The van der Waals surface area contributed by atoms with Crippen molar-refractivity contribution in [3.63, 3.8) is 0 Å². The molecular formula is C39H32O13S4. The lowest BCUT2D eigenvalue weighted by molar-refractivity contribution is -0.432. The van der Waals surface area contributed by atoms with Crippen molar-refractivity contribution in [2.75, 3.05) is 7.11 Å². The number of ether oxygens (including phenoxy) is 3. The standard InChI is InChI=1S/C39H32O13S4/c1-26-3-16-33(17-4-26)54(41,42)34-19-14-32(15-20-34)50-31-12-7-28(8-13-31)27-5-10-30(11-6-27)49-25-29-9-18-35(23-38(29)53-52-51-40)55(43,44)36-21-22-37(48-2)39(24-36)56(45,46)47/h3-24,40H,25H2,1-2H3,(H,45,46,47). The summed E-state index contributed by atoms with van der Waals surface area (Å²) in [5.41, 5.74) is 3.20. The van der Waals surface area contributed by atoms with Gasteiger partial charge in [0.1, 0.15) is 34.5 Å². The molecule has 290 valence electrons. The fourth-order valence-electron chi connectivity index (χ4n) is 5.41. The minimum atomic E-state index is -4.81. The molecule has 17 heteroatoms. The molecule has 6 rings (SSSR count). The van der Waals surface area contributed by atoms with E-state index in [0.717, 1.165) is 34.9 Å². The third-order valence-corrected chi connectivity index (χ3v) is 13.5. The Kier molecular flexibility index (Phi) is 12.2. The first kappa shape index (κ1) is 40.4. The molecular weight excluding hydrogens is 805 g/mol. The largest absolute Gasteiger partial charge is 0.495 e. The number of methoxy groups -OCH3 is 1. The summed E-state index contributed by atoms with van der Waals surface area (Å²) in [5, 5.41) is 12.5. The van der Waals surface area contributed by atoms with Crippen LogP contribution in [0, 0.1) is 6.92 Å². The van der Waals surface area contributed by atoms with Crippen molar-refractivity contribution in [2.45, 2.75) is 42.9 Å². The summed E-state index contributed by atoms with van der Waals surface area (Å²) < 4.78 is 108. The van der Waals surface area contributed by atoms with Crippen LogP contribution in [-0.2, 0) is 45.8 Å². The van der Waals surface area contributed by atoms with E-state index >= 15 is 0 Å². The first-order valence-corrected chi connectivity index (χ1v) is 21.4. The van der Waals surface area contributed by atoms with Gasteiger partial charge in [0.05, 0.1) is 38.7 Å². The van der Waals surface area contributed by atoms with Gasteiger partial charge in [0, 0.05) is 10.5 Å². The van der Waals surface area contributed by atoms with Crippen molar-refractivity contribution in [2.24, 2.45) is 0 Å². The van der Waals surface area contributed by atoms with Gasteiger partial charge in [-0.05, 0) is 109 Å². The molecule has 0 unspecified atom stereocenters. The van der Waals surface area contributed by atoms with Crippen LogP contribution in [0.15, 0.2) is 163 Å². The fourth-order valence-corrected chi connectivity index (χ4v) is 9.33. The maximum Gasteiger partial charge on any atom is 0.298 e. The Morgan fingerprint density at radius 1 is 0.589 bits per heavy atom. The molecule has 0 saturated heterocycles. The van der Waals surface area contributed by atoms with Gasteiger partial charge in [0.15, 0.2) is 0 Å². The molecule has 6 aromatic rings. The van der Waals surface area contributed by atoms with E-state index in [-0.39, 0.29) is 31.9 Å². The van der Waals surface area contributed by atoms with E-state index in [2.05, 4.69) is 9.37 Å². The van der Waals surface area contributed by atoms with Gasteiger partial charge in [-0.15, -0.1) is 4.33 Å². The molecule has 0 saturated carbocycles. The van der Waals surface area contributed by atoms with Crippen molar-refractivity contribution in [3.05, 3.63) is 145 Å². The highest BCUT2D eigenvalue weighted by Crippen LogP contribution is 2.34. The van der Waals surface area contributed by atoms with Crippen LogP contribution in [0.2, 0.25) is 0 Å². The molecule has 0 bridgehead atoms. The summed E-state index contributed by atoms with van der Waals surface area (Å²) in [4.78, 5) is -0.812. The van der Waals surface area contributed by atoms with E-state index in [9.17, 15) is 29.8 Å². The highest BCUT2D eigenvalue weighted by atomic mass is 32.2. The molecule has 2 N–H and O–H groups in total. The number of aryl methyl sites for hydroxylation is 1. The summed E-state index contributed by atoms with van der Waals surface area (Å²) in [6.45, 7) is 1.85. The van der Waals surface area contributed by atoms with Crippen LogP contribution in [0.5, 0.6) is 23.0 Å². The van der Waals surface area contributed by atoms with E-state index < -0.39 is 39.6 Å². The molecule has 0 aliphatic rings.